The third-order valence-corrected chi connectivity index (χ3v) is 4.73. The van der Waals surface area contributed by atoms with Crippen LogP contribution in [0.15, 0.2) is 69.9 Å². The summed E-state index contributed by atoms with van der Waals surface area (Å²) in [4.78, 5) is 33.3. The Labute approximate surface area is 185 Å². The van der Waals surface area contributed by atoms with Crippen LogP contribution in [-0.2, 0) is 9.59 Å². The number of aliphatic hydroxyl groups excluding tert-OH is 2. The number of aliphatic hydroxyl groups is 2. The molecule has 170 valence electrons. The predicted molar refractivity (Wildman–Crippen MR) is 120 cm³/mol. The fraction of sp³-hybridized carbons (Fsp3) is 0.292. The van der Waals surface area contributed by atoms with Crippen LogP contribution in [0.25, 0.3) is 22.3 Å². The molecular weight excluding hydrogens is 414 g/mol. The molecule has 4 N–H and O–H groups in total. The van der Waals surface area contributed by atoms with Crippen molar-refractivity contribution in [3.8, 4) is 11.3 Å². The largest absolute Gasteiger partial charge is 0.481 e. The molecule has 8 heteroatoms. The van der Waals surface area contributed by atoms with E-state index in [0.717, 1.165) is 5.56 Å². The lowest BCUT2D eigenvalue weighted by molar-refractivity contribution is -0.138. The van der Waals surface area contributed by atoms with Crippen molar-refractivity contribution < 1.29 is 29.3 Å². The molecule has 8 nitrogen and oxygen atoms in total. The zero-order valence-electron chi connectivity index (χ0n) is 17.9. The van der Waals surface area contributed by atoms with Gasteiger partial charge in [-0.3, -0.25) is 14.4 Å². The molecule has 0 bridgehead atoms. The lowest BCUT2D eigenvalue weighted by Crippen LogP contribution is -2.45. The van der Waals surface area contributed by atoms with Gasteiger partial charge >= 0.3 is 5.97 Å². The summed E-state index contributed by atoms with van der Waals surface area (Å²) in [5.41, 5.74) is 0.590. The minimum atomic E-state index is -1.35. The summed E-state index contributed by atoms with van der Waals surface area (Å²) in [7, 11) is 0. The fourth-order valence-electron chi connectivity index (χ4n) is 2.68. The van der Waals surface area contributed by atoms with Crippen molar-refractivity contribution in [1.82, 2.24) is 5.32 Å². The molecule has 32 heavy (non-hydrogen) atoms. The highest BCUT2D eigenvalue weighted by molar-refractivity contribution is 5.81. The van der Waals surface area contributed by atoms with E-state index in [4.69, 9.17) is 14.6 Å². The SMILES string of the molecule is CC(C)(CO)C(O)C(=O)NCCC(=O)O.O=c1cc(-c2ccccc2)oc2ccccc12. The Morgan fingerprint density at radius 2 is 1.69 bits per heavy atom. The summed E-state index contributed by atoms with van der Waals surface area (Å²) in [6, 6.07) is 18.4. The molecule has 1 amide bonds. The average Bonchev–Trinajstić information content (AvgIpc) is 2.79. The summed E-state index contributed by atoms with van der Waals surface area (Å²) < 4.78 is 5.73. The van der Waals surface area contributed by atoms with Crippen molar-refractivity contribution in [2.24, 2.45) is 5.41 Å². The fourth-order valence-corrected chi connectivity index (χ4v) is 2.68. The Bertz CT molecular complexity index is 1110. The van der Waals surface area contributed by atoms with Gasteiger partial charge in [0.1, 0.15) is 17.4 Å². The minimum Gasteiger partial charge on any atom is -0.481 e. The van der Waals surface area contributed by atoms with Crippen LogP contribution >= 0.6 is 0 Å². The number of benzene rings is 2. The van der Waals surface area contributed by atoms with Gasteiger partial charge in [0.2, 0.25) is 5.91 Å². The summed E-state index contributed by atoms with van der Waals surface area (Å²) >= 11 is 0. The third-order valence-electron chi connectivity index (χ3n) is 4.73. The number of hydrogen-bond donors (Lipinski definition) is 4. The van der Waals surface area contributed by atoms with Crippen molar-refractivity contribution in [2.45, 2.75) is 26.4 Å². The van der Waals surface area contributed by atoms with E-state index in [2.05, 4.69) is 5.32 Å². The van der Waals surface area contributed by atoms with Crippen molar-refractivity contribution in [1.29, 1.82) is 0 Å². The molecule has 1 unspecified atom stereocenters. The average molecular weight is 441 g/mol. The second kappa shape index (κ2) is 11.2. The smallest absolute Gasteiger partial charge is 0.305 e. The molecule has 1 atom stereocenters. The first-order chi connectivity index (χ1) is 15.2. The number of carboxylic acid groups (broad SMARTS) is 1. The molecule has 0 radical (unpaired) electrons. The number of rotatable bonds is 7. The zero-order valence-corrected chi connectivity index (χ0v) is 17.9. The number of hydrogen-bond acceptors (Lipinski definition) is 6. The highest BCUT2D eigenvalue weighted by Crippen LogP contribution is 2.21. The second-order valence-corrected chi connectivity index (χ2v) is 7.82. The lowest BCUT2D eigenvalue weighted by atomic mass is 9.87. The zero-order chi connectivity index (χ0) is 23.7. The van der Waals surface area contributed by atoms with Crippen LogP contribution in [0.3, 0.4) is 0 Å². The maximum absolute atomic E-state index is 11.9. The quantitative estimate of drug-likeness (QED) is 0.442. The number of aliphatic carboxylic acids is 1. The molecule has 0 aliphatic carbocycles. The Balaban J connectivity index is 0.000000230. The van der Waals surface area contributed by atoms with Crippen molar-refractivity contribution in [3.05, 3.63) is 70.9 Å². The summed E-state index contributed by atoms with van der Waals surface area (Å²) in [5.74, 6) is -1.09. The second-order valence-electron chi connectivity index (χ2n) is 7.82. The Morgan fingerprint density at radius 1 is 1.06 bits per heavy atom. The highest BCUT2D eigenvalue weighted by atomic mass is 16.4. The van der Waals surface area contributed by atoms with Crippen LogP contribution in [0.5, 0.6) is 0 Å². The Kier molecular flexibility index (Phi) is 8.69. The molecule has 3 aromatic rings. The molecule has 1 aromatic heterocycles. The number of para-hydroxylation sites is 1. The number of nitrogens with one attached hydrogen (secondary N) is 1. The van der Waals surface area contributed by atoms with Gasteiger partial charge in [0.05, 0.1) is 18.4 Å². The number of carboxylic acids is 1. The van der Waals surface area contributed by atoms with E-state index in [1.54, 1.807) is 6.07 Å². The molecule has 0 fully saturated rings. The number of fused-ring (bicyclic) bond motifs is 1. The van der Waals surface area contributed by atoms with Crippen molar-refractivity contribution in [2.75, 3.05) is 13.2 Å². The van der Waals surface area contributed by atoms with E-state index in [-0.39, 0.29) is 25.0 Å². The van der Waals surface area contributed by atoms with E-state index in [1.807, 2.05) is 48.5 Å². The number of carbonyl (C=O) groups is 2. The maximum Gasteiger partial charge on any atom is 0.305 e. The van der Waals surface area contributed by atoms with E-state index in [1.165, 1.54) is 19.9 Å². The summed E-state index contributed by atoms with van der Waals surface area (Å²) in [6.45, 7) is 2.70. The third kappa shape index (κ3) is 6.76. The van der Waals surface area contributed by atoms with Gasteiger partial charge in [0.25, 0.3) is 0 Å². The van der Waals surface area contributed by atoms with Crippen LogP contribution in [0.2, 0.25) is 0 Å². The molecule has 2 aromatic carbocycles. The molecular formula is C24H27NO7. The predicted octanol–water partition coefficient (Wildman–Crippen LogP) is 2.42. The summed E-state index contributed by atoms with van der Waals surface area (Å²) in [5, 5.41) is 29.6. The van der Waals surface area contributed by atoms with Crippen LogP contribution in [0.1, 0.15) is 20.3 Å². The van der Waals surface area contributed by atoms with Crippen LogP contribution in [0.4, 0.5) is 0 Å². The molecule has 0 aliphatic rings. The van der Waals surface area contributed by atoms with Crippen LogP contribution in [0, 0.1) is 5.41 Å². The van der Waals surface area contributed by atoms with Gasteiger partial charge in [0, 0.05) is 23.6 Å². The molecule has 0 saturated carbocycles. The molecule has 0 spiro atoms. The van der Waals surface area contributed by atoms with Crippen molar-refractivity contribution in [3.63, 3.8) is 0 Å². The molecule has 1 heterocycles. The summed E-state index contributed by atoms with van der Waals surface area (Å²) in [6.07, 6.45) is -1.55. The van der Waals surface area contributed by atoms with Gasteiger partial charge in [-0.05, 0) is 12.1 Å². The van der Waals surface area contributed by atoms with Crippen LogP contribution < -0.4 is 10.7 Å². The van der Waals surface area contributed by atoms with Gasteiger partial charge in [-0.2, -0.15) is 0 Å². The monoisotopic (exact) mass is 441 g/mol. The normalized spacial score (nSPS) is 11.9. The van der Waals surface area contributed by atoms with E-state index in [9.17, 15) is 19.5 Å². The topological polar surface area (TPSA) is 137 Å². The maximum atomic E-state index is 11.9. The molecule has 0 aliphatic heterocycles. The first-order valence-corrected chi connectivity index (χ1v) is 10.0. The van der Waals surface area contributed by atoms with Crippen molar-refractivity contribution >= 4 is 22.8 Å². The van der Waals surface area contributed by atoms with Gasteiger partial charge in [-0.1, -0.05) is 56.3 Å². The molecule has 0 saturated heterocycles. The Hall–Kier alpha value is -3.49. The van der Waals surface area contributed by atoms with E-state index in [0.29, 0.717) is 16.7 Å². The van der Waals surface area contributed by atoms with E-state index < -0.39 is 23.4 Å². The van der Waals surface area contributed by atoms with Gasteiger partial charge < -0.3 is 25.1 Å². The molecule has 3 rings (SSSR count). The Morgan fingerprint density at radius 3 is 2.31 bits per heavy atom. The lowest BCUT2D eigenvalue weighted by Gasteiger charge is -2.26. The standard InChI is InChI=1S/C15H10O2.C9H17NO5/c16-13-10-15(11-6-2-1-3-7-11)17-14-9-5-4-8-12(13)14;1-9(2,5-11)7(14)8(15)10-4-3-6(12)13/h1-10H;7,11,14H,3-5H2,1-2H3,(H,10,15)(H,12,13). The first kappa shape index (κ1) is 24.8. The number of carbonyl (C=O) groups excluding carboxylic acids is 1. The van der Waals surface area contributed by atoms with E-state index >= 15 is 0 Å². The van der Waals surface area contributed by atoms with Gasteiger partial charge in [-0.15, -0.1) is 0 Å². The highest BCUT2D eigenvalue weighted by Gasteiger charge is 2.32. The number of amides is 1. The first-order valence-electron chi connectivity index (χ1n) is 10.0. The van der Waals surface area contributed by atoms with Gasteiger partial charge in [0.15, 0.2) is 5.43 Å². The van der Waals surface area contributed by atoms with Crippen LogP contribution in [-0.4, -0.2) is 46.5 Å². The van der Waals surface area contributed by atoms with Gasteiger partial charge in [-0.25, -0.2) is 0 Å². The minimum absolute atomic E-state index is 0.00861.